The maximum Gasteiger partial charge on any atom is 0.392 e. The third-order valence-electron chi connectivity index (χ3n) is 4.06. The summed E-state index contributed by atoms with van der Waals surface area (Å²) in [7, 11) is -2.45. The van der Waals surface area contributed by atoms with Crippen LogP contribution in [0.25, 0.3) is 11.2 Å². The Labute approximate surface area is 189 Å². The van der Waals surface area contributed by atoms with Crippen molar-refractivity contribution in [2.24, 2.45) is 0 Å². The van der Waals surface area contributed by atoms with E-state index in [1.54, 1.807) is 12.1 Å². The van der Waals surface area contributed by atoms with E-state index in [9.17, 15) is 31.4 Å². The van der Waals surface area contributed by atoms with Crippen molar-refractivity contribution in [3.63, 3.8) is 0 Å². The first-order chi connectivity index (χ1) is 15.4. The van der Waals surface area contributed by atoms with Crippen molar-refractivity contribution in [1.29, 1.82) is 0 Å². The summed E-state index contributed by atoms with van der Waals surface area (Å²) in [6.45, 7) is -0.0398. The monoisotopic (exact) mass is 513 g/mol. The van der Waals surface area contributed by atoms with E-state index in [2.05, 4.69) is 15.0 Å². The number of rotatable bonds is 9. The van der Waals surface area contributed by atoms with Crippen LogP contribution in [0.15, 0.2) is 40.5 Å². The first kappa shape index (κ1) is 25.3. The third kappa shape index (κ3) is 7.90. The second-order valence-electron chi connectivity index (χ2n) is 6.85. The van der Waals surface area contributed by atoms with Gasteiger partial charge in [-0.3, -0.25) is 0 Å². The Hall–Kier alpha value is -2.31. The van der Waals surface area contributed by atoms with Gasteiger partial charge in [-0.15, -0.1) is 0 Å². The zero-order chi connectivity index (χ0) is 24.2. The van der Waals surface area contributed by atoms with Crippen LogP contribution in [-0.2, 0) is 11.3 Å². The molecule has 2 heterocycles. The Morgan fingerprint density at radius 2 is 1.67 bits per heavy atom. The average molecular weight is 513 g/mol. The van der Waals surface area contributed by atoms with Gasteiger partial charge >= 0.3 is 12.4 Å². The highest BCUT2D eigenvalue weighted by molar-refractivity contribution is 7.99. The van der Waals surface area contributed by atoms with Crippen LogP contribution in [-0.4, -0.2) is 62.3 Å². The number of halogens is 6. The van der Waals surface area contributed by atoms with Gasteiger partial charge in [0, 0.05) is 11.4 Å². The van der Waals surface area contributed by atoms with Gasteiger partial charge in [0.05, 0.1) is 31.6 Å². The summed E-state index contributed by atoms with van der Waals surface area (Å²) >= 11 is 1.24. The molecule has 3 aromatic rings. The number of aromatic hydroxyl groups is 1. The number of phenolic OH excluding ortho intramolecular Hbond substituents is 1. The molecule has 0 saturated carbocycles. The molecule has 0 unspecified atom stereocenters. The minimum absolute atomic E-state index is 0.0367. The fourth-order valence-electron chi connectivity index (χ4n) is 2.81. The number of benzene rings is 1. The lowest BCUT2D eigenvalue weighted by Crippen LogP contribution is -2.22. The summed E-state index contributed by atoms with van der Waals surface area (Å²) in [6.07, 6.45) is -11.6. The molecule has 7 nitrogen and oxygen atoms in total. The molecule has 33 heavy (non-hydrogen) atoms. The molecule has 15 heteroatoms. The quantitative estimate of drug-likeness (QED) is 0.183. The molecular weight excluding hydrogens is 495 g/mol. The van der Waals surface area contributed by atoms with E-state index in [4.69, 9.17) is 10.5 Å². The smallest absolute Gasteiger partial charge is 0.392 e. The topological polar surface area (TPSA) is 99.1 Å². The van der Waals surface area contributed by atoms with E-state index in [1.807, 2.05) is 0 Å². The fourth-order valence-corrected chi connectivity index (χ4v) is 5.38. The van der Waals surface area contributed by atoms with Crippen molar-refractivity contribution < 1.29 is 36.2 Å². The molecule has 0 radical (unpaired) electrons. The lowest BCUT2D eigenvalue weighted by atomic mass is 10.3. The van der Waals surface area contributed by atoms with Crippen molar-refractivity contribution in [2.45, 2.75) is 28.8 Å². The Bertz CT molecular complexity index is 1060. The summed E-state index contributed by atoms with van der Waals surface area (Å²) in [5.41, 5.74) is 6.55. The van der Waals surface area contributed by atoms with Crippen molar-refractivity contribution >= 4 is 36.8 Å². The third-order valence-corrected chi connectivity index (χ3v) is 7.20. The van der Waals surface area contributed by atoms with Crippen LogP contribution in [0, 0.1) is 0 Å². The number of hydrogen-bond donors (Lipinski definition) is 2. The number of hydrogen-bond acceptors (Lipinski definition) is 7. The maximum absolute atomic E-state index is 12.6. The highest BCUT2D eigenvalue weighted by atomic mass is 32.2. The average Bonchev–Trinajstić information content (AvgIpc) is 3.07. The van der Waals surface area contributed by atoms with Gasteiger partial charge in [-0.05, 0) is 24.3 Å². The van der Waals surface area contributed by atoms with E-state index >= 15 is 0 Å². The standard InChI is InChI=1S/C18H18F6N5O2PS/c19-17(20,21)7-32(8-18(22,23)24)10-31-6-5-29-9-26-13-14(29)27-16(25)28-15(13)33-12-3-1-11(30)2-4-12/h1-4,9,30H,5-8,10H2,(H2,25,27,28). The first-order valence-electron chi connectivity index (χ1n) is 9.28. The number of phenols is 1. The van der Waals surface area contributed by atoms with Crippen LogP contribution in [0.1, 0.15) is 0 Å². The molecule has 0 fully saturated rings. The minimum Gasteiger partial charge on any atom is -0.508 e. The van der Waals surface area contributed by atoms with Crippen molar-refractivity contribution in [2.75, 3.05) is 31.0 Å². The Kier molecular flexibility index (Phi) is 7.91. The fraction of sp³-hybridized carbons (Fsp3) is 0.389. The molecule has 0 bridgehead atoms. The van der Waals surface area contributed by atoms with Crippen LogP contribution in [0.4, 0.5) is 32.3 Å². The molecule has 180 valence electrons. The van der Waals surface area contributed by atoms with Gasteiger partial charge in [-0.1, -0.05) is 19.7 Å². The molecule has 3 N–H and O–H groups in total. The number of aromatic nitrogens is 4. The van der Waals surface area contributed by atoms with Gasteiger partial charge < -0.3 is 20.1 Å². The second kappa shape index (κ2) is 10.3. The minimum atomic E-state index is -4.69. The van der Waals surface area contributed by atoms with Gasteiger partial charge in [0.15, 0.2) is 5.65 Å². The Morgan fingerprint density at radius 3 is 2.27 bits per heavy atom. The van der Waals surface area contributed by atoms with Gasteiger partial charge in [-0.2, -0.15) is 31.3 Å². The van der Waals surface area contributed by atoms with Crippen LogP contribution in [0.3, 0.4) is 0 Å². The molecule has 3 rings (SSSR count). The molecule has 0 aliphatic carbocycles. The summed E-state index contributed by atoms with van der Waals surface area (Å²) in [6, 6.07) is 6.36. The van der Waals surface area contributed by atoms with E-state index in [-0.39, 0.29) is 24.8 Å². The maximum atomic E-state index is 12.6. The normalized spacial score (nSPS) is 12.7. The highest BCUT2D eigenvalue weighted by Crippen LogP contribution is 2.45. The largest absolute Gasteiger partial charge is 0.508 e. The summed E-state index contributed by atoms with van der Waals surface area (Å²) in [4.78, 5) is 13.3. The Morgan fingerprint density at radius 1 is 1.03 bits per heavy atom. The van der Waals surface area contributed by atoms with Crippen molar-refractivity contribution in [3.8, 4) is 5.75 Å². The molecule has 2 aromatic heterocycles. The van der Waals surface area contributed by atoms with Crippen LogP contribution < -0.4 is 5.73 Å². The molecule has 0 spiro atoms. The van der Waals surface area contributed by atoms with Crippen LogP contribution >= 0.6 is 19.7 Å². The van der Waals surface area contributed by atoms with Crippen LogP contribution in [0.2, 0.25) is 0 Å². The number of nitrogen functional groups attached to an aromatic ring is 1. The van der Waals surface area contributed by atoms with E-state index < -0.39 is 38.9 Å². The molecular formula is C18H18F6N5O2PS. The molecule has 0 atom stereocenters. The predicted molar refractivity (Wildman–Crippen MR) is 112 cm³/mol. The molecule has 0 aliphatic heterocycles. The highest BCUT2D eigenvalue weighted by Gasteiger charge is 2.38. The zero-order valence-electron chi connectivity index (χ0n) is 16.8. The van der Waals surface area contributed by atoms with Gasteiger partial charge in [0.2, 0.25) is 5.95 Å². The lowest BCUT2D eigenvalue weighted by molar-refractivity contribution is -0.112. The van der Waals surface area contributed by atoms with Gasteiger partial charge in [0.25, 0.3) is 0 Å². The first-order valence-corrected chi connectivity index (χ1v) is 12.0. The molecule has 0 amide bonds. The number of ether oxygens (including phenoxy) is 1. The lowest BCUT2D eigenvalue weighted by Gasteiger charge is -2.20. The summed E-state index contributed by atoms with van der Waals surface area (Å²) < 4.78 is 82.2. The van der Waals surface area contributed by atoms with Crippen molar-refractivity contribution in [1.82, 2.24) is 19.5 Å². The van der Waals surface area contributed by atoms with E-state index in [0.717, 1.165) is 4.90 Å². The number of alkyl halides is 6. The molecule has 0 saturated heterocycles. The van der Waals surface area contributed by atoms with Gasteiger partial charge in [0.1, 0.15) is 16.3 Å². The predicted octanol–water partition coefficient (Wildman–Crippen LogP) is 4.85. The molecule has 0 aliphatic rings. The van der Waals surface area contributed by atoms with Crippen molar-refractivity contribution in [3.05, 3.63) is 30.6 Å². The second-order valence-corrected chi connectivity index (χ2v) is 10.1. The number of fused-ring (bicyclic) bond motifs is 1. The number of nitrogens with two attached hydrogens (primary N) is 1. The number of anilines is 1. The number of nitrogens with zero attached hydrogens (tertiary/aromatic N) is 4. The zero-order valence-corrected chi connectivity index (χ0v) is 18.5. The number of imidazole rings is 1. The molecule has 1 aromatic carbocycles. The SMILES string of the molecule is Nc1nc(Sc2ccc(O)cc2)c2ncn(CCOCP(CC(F)(F)F)CC(F)(F)F)c2n1. The van der Waals surface area contributed by atoms with E-state index in [0.29, 0.717) is 16.2 Å². The Balaban J connectivity index is 1.66. The van der Waals surface area contributed by atoms with Crippen LogP contribution in [0.5, 0.6) is 5.75 Å². The van der Waals surface area contributed by atoms with E-state index in [1.165, 1.54) is 34.8 Å². The summed E-state index contributed by atoms with van der Waals surface area (Å²) in [5.74, 6) is 0.0652. The summed E-state index contributed by atoms with van der Waals surface area (Å²) in [5, 5.41) is 9.84. The van der Waals surface area contributed by atoms with Gasteiger partial charge in [-0.25, -0.2) is 9.97 Å².